The number of urea groups is 1. The zero-order chi connectivity index (χ0) is 15.4. The maximum Gasteiger partial charge on any atom is 0.336 e. The smallest absolute Gasteiger partial charge is 0.336 e. The molecular formula is C16H22N2O3. The molecule has 5 heteroatoms. The lowest BCUT2D eigenvalue weighted by molar-refractivity contribution is 0.0696. The summed E-state index contributed by atoms with van der Waals surface area (Å²) >= 11 is 0. The Hall–Kier alpha value is -2.04. The summed E-state index contributed by atoms with van der Waals surface area (Å²) in [5, 5.41) is 12.0. The van der Waals surface area contributed by atoms with E-state index in [1.165, 1.54) is 12.8 Å². The average molecular weight is 290 g/mol. The summed E-state index contributed by atoms with van der Waals surface area (Å²) in [5.74, 6) is -0.980. The van der Waals surface area contributed by atoms with Crippen molar-refractivity contribution < 1.29 is 14.7 Å². The van der Waals surface area contributed by atoms with E-state index in [2.05, 4.69) is 5.32 Å². The summed E-state index contributed by atoms with van der Waals surface area (Å²) in [6.07, 6.45) is 4.44. The third-order valence-corrected chi connectivity index (χ3v) is 4.17. The highest BCUT2D eigenvalue weighted by Gasteiger charge is 2.25. The number of rotatable bonds is 4. The van der Waals surface area contributed by atoms with Gasteiger partial charge in [0.05, 0.1) is 5.56 Å². The number of carboxylic acid groups (broad SMARTS) is 1. The topological polar surface area (TPSA) is 69.6 Å². The third-order valence-electron chi connectivity index (χ3n) is 4.17. The van der Waals surface area contributed by atoms with E-state index in [-0.39, 0.29) is 11.6 Å². The summed E-state index contributed by atoms with van der Waals surface area (Å²) in [4.78, 5) is 25.4. The molecule has 0 unspecified atom stereocenters. The van der Waals surface area contributed by atoms with Gasteiger partial charge in [-0.3, -0.25) is 0 Å². The van der Waals surface area contributed by atoms with Gasteiger partial charge in [0.1, 0.15) is 0 Å². The molecule has 1 aromatic carbocycles. The minimum atomic E-state index is -0.980. The fourth-order valence-corrected chi connectivity index (χ4v) is 2.97. The second-order valence-electron chi connectivity index (χ2n) is 5.44. The van der Waals surface area contributed by atoms with Crippen molar-refractivity contribution in [1.82, 2.24) is 4.90 Å². The van der Waals surface area contributed by atoms with Gasteiger partial charge in [0.25, 0.3) is 0 Å². The number of nitrogens with one attached hydrogen (secondary N) is 1. The molecule has 0 aliphatic heterocycles. The first kappa shape index (κ1) is 15.4. The van der Waals surface area contributed by atoms with Crippen LogP contribution in [0.3, 0.4) is 0 Å². The number of benzene rings is 1. The Balaban J connectivity index is 2.15. The highest BCUT2D eigenvalue weighted by Crippen LogP contribution is 2.25. The zero-order valence-corrected chi connectivity index (χ0v) is 12.6. The SMILES string of the molecule is CCN(C(=O)Nc1cccc(C(=O)O)c1C)C1CCCC1. The maximum atomic E-state index is 12.4. The number of carbonyl (C=O) groups is 2. The number of carboxylic acids is 1. The van der Waals surface area contributed by atoms with Gasteiger partial charge in [-0.15, -0.1) is 0 Å². The van der Waals surface area contributed by atoms with Crippen LogP contribution in [0.2, 0.25) is 0 Å². The van der Waals surface area contributed by atoms with E-state index in [0.717, 1.165) is 12.8 Å². The van der Waals surface area contributed by atoms with Crippen LogP contribution < -0.4 is 5.32 Å². The van der Waals surface area contributed by atoms with Crippen LogP contribution in [-0.2, 0) is 0 Å². The van der Waals surface area contributed by atoms with Gasteiger partial charge in [-0.2, -0.15) is 0 Å². The summed E-state index contributed by atoms with van der Waals surface area (Å²) in [6.45, 7) is 4.34. The van der Waals surface area contributed by atoms with Gasteiger partial charge >= 0.3 is 12.0 Å². The molecule has 0 saturated heterocycles. The maximum absolute atomic E-state index is 12.4. The van der Waals surface area contributed by atoms with Gasteiger partial charge in [0.15, 0.2) is 0 Å². The molecule has 1 aromatic rings. The number of carbonyl (C=O) groups excluding carboxylic acids is 1. The Morgan fingerprint density at radius 3 is 2.57 bits per heavy atom. The lowest BCUT2D eigenvalue weighted by atomic mass is 10.1. The second kappa shape index (κ2) is 6.61. The molecule has 1 aliphatic carbocycles. The third kappa shape index (κ3) is 3.35. The van der Waals surface area contributed by atoms with E-state index in [1.807, 2.05) is 11.8 Å². The predicted octanol–water partition coefficient (Wildman–Crippen LogP) is 3.49. The number of hydrogen-bond donors (Lipinski definition) is 2. The molecule has 2 rings (SSSR count). The van der Waals surface area contributed by atoms with Crippen molar-refractivity contribution in [1.29, 1.82) is 0 Å². The van der Waals surface area contributed by atoms with Crippen LogP contribution in [0.25, 0.3) is 0 Å². The molecule has 114 valence electrons. The van der Waals surface area contributed by atoms with E-state index < -0.39 is 5.97 Å². The minimum absolute atomic E-state index is 0.143. The minimum Gasteiger partial charge on any atom is -0.478 e. The first-order chi connectivity index (χ1) is 10.0. The van der Waals surface area contributed by atoms with Crippen molar-refractivity contribution in [3.05, 3.63) is 29.3 Å². The largest absolute Gasteiger partial charge is 0.478 e. The molecule has 2 N–H and O–H groups in total. The van der Waals surface area contributed by atoms with E-state index in [4.69, 9.17) is 5.11 Å². The molecule has 1 saturated carbocycles. The zero-order valence-electron chi connectivity index (χ0n) is 12.6. The van der Waals surface area contributed by atoms with Crippen molar-refractivity contribution in [3.63, 3.8) is 0 Å². The highest BCUT2D eigenvalue weighted by molar-refractivity contribution is 5.95. The lowest BCUT2D eigenvalue weighted by Gasteiger charge is -2.28. The predicted molar refractivity (Wildman–Crippen MR) is 81.8 cm³/mol. The van der Waals surface area contributed by atoms with Gasteiger partial charge in [-0.25, -0.2) is 9.59 Å². The molecule has 0 spiro atoms. The number of hydrogen-bond acceptors (Lipinski definition) is 2. The van der Waals surface area contributed by atoms with Gasteiger partial charge in [0, 0.05) is 18.3 Å². The van der Waals surface area contributed by atoms with Crippen molar-refractivity contribution in [2.45, 2.75) is 45.6 Å². The van der Waals surface area contributed by atoms with Crippen molar-refractivity contribution >= 4 is 17.7 Å². The van der Waals surface area contributed by atoms with Crippen LogP contribution in [0, 0.1) is 6.92 Å². The Morgan fingerprint density at radius 1 is 1.33 bits per heavy atom. The summed E-state index contributed by atoms with van der Waals surface area (Å²) in [5.41, 5.74) is 1.37. The van der Waals surface area contributed by atoms with E-state index in [9.17, 15) is 9.59 Å². The van der Waals surface area contributed by atoms with Crippen LogP contribution in [0.15, 0.2) is 18.2 Å². The molecule has 5 nitrogen and oxygen atoms in total. The Morgan fingerprint density at radius 2 is 2.00 bits per heavy atom. The lowest BCUT2D eigenvalue weighted by Crippen LogP contribution is -2.41. The monoisotopic (exact) mass is 290 g/mol. The standard InChI is InChI=1S/C16H22N2O3/c1-3-18(12-7-4-5-8-12)16(21)17-14-10-6-9-13(11(14)2)15(19)20/h6,9-10,12H,3-5,7-8H2,1-2H3,(H,17,21)(H,19,20). The number of nitrogens with zero attached hydrogens (tertiary/aromatic N) is 1. The fraction of sp³-hybridized carbons (Fsp3) is 0.500. The molecule has 0 heterocycles. The summed E-state index contributed by atoms with van der Waals surface area (Å²) in [7, 11) is 0. The van der Waals surface area contributed by atoms with Gasteiger partial charge in [-0.1, -0.05) is 18.9 Å². The van der Waals surface area contributed by atoms with Crippen LogP contribution in [-0.4, -0.2) is 34.6 Å². The van der Waals surface area contributed by atoms with Crippen LogP contribution in [0.5, 0.6) is 0 Å². The van der Waals surface area contributed by atoms with Crippen LogP contribution in [0.1, 0.15) is 48.5 Å². The normalized spacial score (nSPS) is 15.0. The molecule has 1 aliphatic rings. The van der Waals surface area contributed by atoms with Crippen molar-refractivity contribution in [2.24, 2.45) is 0 Å². The average Bonchev–Trinajstić information content (AvgIpc) is 2.95. The van der Waals surface area contributed by atoms with Gasteiger partial charge in [0.2, 0.25) is 0 Å². The van der Waals surface area contributed by atoms with E-state index in [0.29, 0.717) is 23.8 Å². The summed E-state index contributed by atoms with van der Waals surface area (Å²) in [6, 6.07) is 5.09. The number of anilines is 1. The Kier molecular flexibility index (Phi) is 4.83. The quantitative estimate of drug-likeness (QED) is 0.891. The number of amides is 2. The van der Waals surface area contributed by atoms with Crippen LogP contribution in [0.4, 0.5) is 10.5 Å². The summed E-state index contributed by atoms with van der Waals surface area (Å²) < 4.78 is 0. The molecule has 1 fully saturated rings. The molecule has 0 aromatic heterocycles. The Labute approximate surface area is 125 Å². The van der Waals surface area contributed by atoms with Crippen molar-refractivity contribution in [3.8, 4) is 0 Å². The first-order valence-corrected chi connectivity index (χ1v) is 7.45. The number of aromatic carboxylic acids is 1. The van der Waals surface area contributed by atoms with E-state index in [1.54, 1.807) is 25.1 Å². The van der Waals surface area contributed by atoms with E-state index >= 15 is 0 Å². The molecule has 0 radical (unpaired) electrons. The highest BCUT2D eigenvalue weighted by atomic mass is 16.4. The first-order valence-electron chi connectivity index (χ1n) is 7.45. The van der Waals surface area contributed by atoms with Crippen LogP contribution >= 0.6 is 0 Å². The molecular weight excluding hydrogens is 268 g/mol. The fourth-order valence-electron chi connectivity index (χ4n) is 2.97. The second-order valence-corrected chi connectivity index (χ2v) is 5.44. The van der Waals surface area contributed by atoms with Gasteiger partial charge < -0.3 is 15.3 Å². The molecule has 0 atom stereocenters. The molecule has 2 amide bonds. The molecule has 0 bridgehead atoms. The van der Waals surface area contributed by atoms with Crippen molar-refractivity contribution in [2.75, 3.05) is 11.9 Å². The van der Waals surface area contributed by atoms with Gasteiger partial charge in [-0.05, 0) is 44.4 Å². The molecule has 21 heavy (non-hydrogen) atoms. The Bertz CT molecular complexity index is 536.